The standard InChI is InChI=1S/C14H21N5/c1-3-19(9-14(2)6-4-7-18-14)13-11-5-8-15-12(11)16-10-17-13/h5,8,10,18H,3-4,6-7,9H2,1-2H3,(H,15,16,17). The summed E-state index contributed by atoms with van der Waals surface area (Å²) in [6, 6.07) is 2.05. The summed E-state index contributed by atoms with van der Waals surface area (Å²) in [5, 5.41) is 4.72. The van der Waals surface area contributed by atoms with Crippen molar-refractivity contribution in [1.82, 2.24) is 20.3 Å². The third-order valence-corrected chi connectivity index (χ3v) is 4.01. The highest BCUT2D eigenvalue weighted by molar-refractivity contribution is 5.87. The number of hydrogen-bond acceptors (Lipinski definition) is 4. The predicted molar refractivity (Wildman–Crippen MR) is 77.4 cm³/mol. The number of anilines is 1. The molecule has 102 valence electrons. The number of nitrogens with one attached hydrogen (secondary N) is 2. The quantitative estimate of drug-likeness (QED) is 0.881. The third kappa shape index (κ3) is 2.30. The van der Waals surface area contributed by atoms with E-state index in [4.69, 9.17) is 0 Å². The van der Waals surface area contributed by atoms with Crippen LogP contribution in [0.3, 0.4) is 0 Å². The van der Waals surface area contributed by atoms with Crippen molar-refractivity contribution in [2.75, 3.05) is 24.5 Å². The molecule has 1 atom stereocenters. The van der Waals surface area contributed by atoms with E-state index in [-0.39, 0.29) is 5.54 Å². The van der Waals surface area contributed by atoms with E-state index in [1.807, 2.05) is 6.20 Å². The monoisotopic (exact) mass is 259 g/mol. The molecule has 0 radical (unpaired) electrons. The fourth-order valence-electron chi connectivity index (χ4n) is 2.96. The Morgan fingerprint density at radius 2 is 2.32 bits per heavy atom. The van der Waals surface area contributed by atoms with Gasteiger partial charge in [0.15, 0.2) is 0 Å². The van der Waals surface area contributed by atoms with Crippen molar-refractivity contribution < 1.29 is 0 Å². The lowest BCUT2D eigenvalue weighted by molar-refractivity contribution is 0.413. The van der Waals surface area contributed by atoms with Crippen molar-refractivity contribution in [3.05, 3.63) is 18.6 Å². The van der Waals surface area contributed by atoms with Gasteiger partial charge in [-0.1, -0.05) is 0 Å². The predicted octanol–water partition coefficient (Wildman–Crippen LogP) is 1.93. The Morgan fingerprint density at radius 1 is 1.42 bits per heavy atom. The molecule has 19 heavy (non-hydrogen) atoms. The molecule has 3 rings (SSSR count). The topological polar surface area (TPSA) is 56.8 Å². The number of likely N-dealkylation sites (N-methyl/N-ethyl adjacent to an activating group) is 1. The highest BCUT2D eigenvalue weighted by Crippen LogP contribution is 2.26. The fraction of sp³-hybridized carbons (Fsp3) is 0.571. The highest BCUT2D eigenvalue weighted by atomic mass is 15.2. The average Bonchev–Trinajstić information content (AvgIpc) is 3.04. The highest BCUT2D eigenvalue weighted by Gasteiger charge is 2.30. The first-order valence-corrected chi connectivity index (χ1v) is 7.00. The third-order valence-electron chi connectivity index (χ3n) is 4.01. The first-order chi connectivity index (χ1) is 9.22. The Bertz CT molecular complexity index is 556. The van der Waals surface area contributed by atoms with Crippen molar-refractivity contribution >= 4 is 16.9 Å². The zero-order chi connectivity index (χ0) is 13.3. The number of H-pyrrole nitrogens is 1. The summed E-state index contributed by atoms with van der Waals surface area (Å²) < 4.78 is 0. The number of aromatic nitrogens is 3. The van der Waals surface area contributed by atoms with Crippen LogP contribution in [-0.2, 0) is 0 Å². The molecule has 5 heteroatoms. The Labute approximate surface area is 113 Å². The molecular weight excluding hydrogens is 238 g/mol. The average molecular weight is 259 g/mol. The van der Waals surface area contributed by atoms with E-state index < -0.39 is 0 Å². The molecule has 0 aromatic carbocycles. The number of aromatic amines is 1. The molecule has 0 saturated carbocycles. The van der Waals surface area contributed by atoms with Crippen LogP contribution in [0, 0.1) is 0 Å². The molecule has 2 aromatic heterocycles. The van der Waals surface area contributed by atoms with E-state index in [1.165, 1.54) is 12.8 Å². The molecule has 1 saturated heterocycles. The SMILES string of the molecule is CCN(CC1(C)CCCN1)c1ncnc2[nH]ccc12. The minimum Gasteiger partial charge on any atom is -0.354 e. The first-order valence-electron chi connectivity index (χ1n) is 7.00. The van der Waals surface area contributed by atoms with Gasteiger partial charge in [0, 0.05) is 24.8 Å². The van der Waals surface area contributed by atoms with Gasteiger partial charge in [-0.3, -0.25) is 0 Å². The zero-order valence-electron chi connectivity index (χ0n) is 11.6. The van der Waals surface area contributed by atoms with Crippen LogP contribution < -0.4 is 10.2 Å². The maximum absolute atomic E-state index is 4.49. The zero-order valence-corrected chi connectivity index (χ0v) is 11.6. The van der Waals surface area contributed by atoms with Crippen LogP contribution >= 0.6 is 0 Å². The molecule has 5 nitrogen and oxygen atoms in total. The van der Waals surface area contributed by atoms with Crippen LogP contribution in [0.25, 0.3) is 11.0 Å². The smallest absolute Gasteiger partial charge is 0.142 e. The maximum atomic E-state index is 4.49. The van der Waals surface area contributed by atoms with Crippen LogP contribution in [0.4, 0.5) is 5.82 Å². The largest absolute Gasteiger partial charge is 0.354 e. The Balaban J connectivity index is 1.91. The molecule has 1 aliphatic heterocycles. The molecule has 1 unspecified atom stereocenters. The molecule has 0 aliphatic carbocycles. The molecule has 0 amide bonds. The van der Waals surface area contributed by atoms with Crippen molar-refractivity contribution in [3.8, 4) is 0 Å². The minimum absolute atomic E-state index is 0.198. The summed E-state index contributed by atoms with van der Waals surface area (Å²) in [4.78, 5) is 14.2. The van der Waals surface area contributed by atoms with Crippen LogP contribution in [0.1, 0.15) is 26.7 Å². The van der Waals surface area contributed by atoms with Gasteiger partial charge in [0.05, 0.1) is 5.39 Å². The maximum Gasteiger partial charge on any atom is 0.142 e. The molecule has 2 aromatic rings. The van der Waals surface area contributed by atoms with Gasteiger partial charge in [-0.25, -0.2) is 9.97 Å². The summed E-state index contributed by atoms with van der Waals surface area (Å²) in [5.74, 6) is 1.03. The molecule has 1 aliphatic rings. The van der Waals surface area contributed by atoms with Crippen LogP contribution in [0.15, 0.2) is 18.6 Å². The molecule has 3 heterocycles. The Kier molecular flexibility index (Phi) is 3.14. The van der Waals surface area contributed by atoms with E-state index in [9.17, 15) is 0 Å². The van der Waals surface area contributed by atoms with E-state index in [2.05, 4.69) is 45.1 Å². The van der Waals surface area contributed by atoms with Crippen LogP contribution in [0.2, 0.25) is 0 Å². The molecule has 0 spiro atoms. The Morgan fingerprint density at radius 3 is 3.05 bits per heavy atom. The normalized spacial score (nSPS) is 23.1. The number of fused-ring (bicyclic) bond motifs is 1. The molecule has 2 N–H and O–H groups in total. The van der Waals surface area contributed by atoms with Crippen molar-refractivity contribution in [3.63, 3.8) is 0 Å². The lowest BCUT2D eigenvalue weighted by Crippen LogP contribution is -2.47. The van der Waals surface area contributed by atoms with Gasteiger partial charge >= 0.3 is 0 Å². The van der Waals surface area contributed by atoms with Gasteiger partial charge in [-0.2, -0.15) is 0 Å². The second kappa shape index (κ2) is 4.81. The van der Waals surface area contributed by atoms with Crippen LogP contribution in [0.5, 0.6) is 0 Å². The lowest BCUT2D eigenvalue weighted by atomic mass is 9.99. The number of hydrogen-bond donors (Lipinski definition) is 2. The second-order valence-electron chi connectivity index (χ2n) is 5.54. The summed E-state index contributed by atoms with van der Waals surface area (Å²) >= 11 is 0. The lowest BCUT2D eigenvalue weighted by Gasteiger charge is -2.33. The molecule has 1 fully saturated rings. The summed E-state index contributed by atoms with van der Waals surface area (Å²) in [7, 11) is 0. The molecule has 0 bridgehead atoms. The van der Waals surface area contributed by atoms with Crippen molar-refractivity contribution in [1.29, 1.82) is 0 Å². The van der Waals surface area contributed by atoms with E-state index in [1.54, 1.807) is 6.33 Å². The van der Waals surface area contributed by atoms with E-state index >= 15 is 0 Å². The summed E-state index contributed by atoms with van der Waals surface area (Å²) in [5.41, 5.74) is 1.11. The Hall–Kier alpha value is -1.62. The van der Waals surface area contributed by atoms with E-state index in [0.29, 0.717) is 0 Å². The number of rotatable bonds is 4. The first kappa shape index (κ1) is 12.4. The summed E-state index contributed by atoms with van der Waals surface area (Å²) in [6.45, 7) is 7.55. The second-order valence-corrected chi connectivity index (χ2v) is 5.54. The minimum atomic E-state index is 0.198. The van der Waals surface area contributed by atoms with Crippen molar-refractivity contribution in [2.24, 2.45) is 0 Å². The van der Waals surface area contributed by atoms with Crippen molar-refractivity contribution in [2.45, 2.75) is 32.2 Å². The van der Waals surface area contributed by atoms with Gasteiger partial charge in [-0.05, 0) is 39.3 Å². The van der Waals surface area contributed by atoms with Gasteiger partial charge in [-0.15, -0.1) is 0 Å². The van der Waals surface area contributed by atoms with Gasteiger partial charge in [0.2, 0.25) is 0 Å². The van der Waals surface area contributed by atoms with Crippen LogP contribution in [-0.4, -0.2) is 40.1 Å². The van der Waals surface area contributed by atoms with Gasteiger partial charge < -0.3 is 15.2 Å². The van der Waals surface area contributed by atoms with E-state index in [0.717, 1.165) is 36.5 Å². The van der Waals surface area contributed by atoms with Gasteiger partial charge in [0.1, 0.15) is 17.8 Å². The number of nitrogens with zero attached hydrogens (tertiary/aromatic N) is 3. The fourth-order valence-corrected chi connectivity index (χ4v) is 2.96. The van der Waals surface area contributed by atoms with Gasteiger partial charge in [0.25, 0.3) is 0 Å². The summed E-state index contributed by atoms with van der Waals surface area (Å²) in [6.07, 6.45) is 6.05. The molecular formula is C14H21N5.